The molecule has 1 heterocycles. The first-order valence-electron chi connectivity index (χ1n) is 7.32. The predicted molar refractivity (Wildman–Crippen MR) is 87.5 cm³/mol. The van der Waals surface area contributed by atoms with Crippen LogP contribution in [0.2, 0.25) is 0 Å². The lowest BCUT2D eigenvalue weighted by Crippen LogP contribution is -2.61. The number of benzene rings is 1. The number of ether oxygens (including phenoxy) is 2. The second kappa shape index (κ2) is 7.97. The number of thioether (sulfide) groups is 1. The van der Waals surface area contributed by atoms with Crippen LogP contribution in [0.1, 0.15) is 19.4 Å². The highest BCUT2D eigenvalue weighted by molar-refractivity contribution is 8.14. The van der Waals surface area contributed by atoms with Gasteiger partial charge in [-0.2, -0.15) is 0 Å². The fraction of sp³-hybridized carbons (Fsp3) is 0.400. The van der Waals surface area contributed by atoms with Gasteiger partial charge in [0.2, 0.25) is 5.91 Å². The van der Waals surface area contributed by atoms with Crippen molar-refractivity contribution >= 4 is 34.6 Å². The molecule has 2 rings (SSSR count). The molecule has 1 N–H and O–H groups in total. The van der Waals surface area contributed by atoms with Crippen molar-refractivity contribution < 1.29 is 28.8 Å². The summed E-state index contributed by atoms with van der Waals surface area (Å²) in [7, 11) is 0. The van der Waals surface area contributed by atoms with E-state index in [2.05, 4.69) is 5.32 Å². The van der Waals surface area contributed by atoms with Crippen molar-refractivity contribution in [3.63, 3.8) is 0 Å². The van der Waals surface area contributed by atoms with Crippen molar-refractivity contribution in [2.45, 2.75) is 31.9 Å². The van der Waals surface area contributed by atoms with Crippen LogP contribution in [0.5, 0.6) is 0 Å². The van der Waals surface area contributed by atoms with Gasteiger partial charge < -0.3 is 14.8 Å². The van der Waals surface area contributed by atoms with E-state index in [1.807, 2.05) is 0 Å². The van der Waals surface area contributed by atoms with Gasteiger partial charge in [0.1, 0.15) is 18.6 Å². The number of non-ortho nitro benzene ring substituents is 1. The lowest BCUT2D eigenvalue weighted by atomic mass is 9.96. The van der Waals surface area contributed by atoms with Gasteiger partial charge in [-0.15, -0.1) is 0 Å². The number of carbonyl (C=O) groups excluding carboxylic acids is 3. The minimum Gasteiger partial charge on any atom is -0.430 e. The van der Waals surface area contributed by atoms with Crippen LogP contribution in [0, 0.1) is 16.0 Å². The molecule has 0 spiro atoms. The number of β-lactam (4-membered cyclic amide) rings is 1. The first-order valence-corrected chi connectivity index (χ1v) is 8.20. The molecule has 134 valence electrons. The molecule has 0 aromatic heterocycles. The molecule has 1 aliphatic rings. The van der Waals surface area contributed by atoms with Crippen molar-refractivity contribution in [2.75, 3.05) is 0 Å². The van der Waals surface area contributed by atoms with E-state index in [-0.39, 0.29) is 23.3 Å². The Morgan fingerprint density at radius 3 is 2.52 bits per heavy atom. The van der Waals surface area contributed by atoms with E-state index < -0.39 is 28.5 Å². The molecule has 9 nitrogen and oxygen atoms in total. The van der Waals surface area contributed by atoms with Crippen LogP contribution in [0.15, 0.2) is 24.3 Å². The largest absolute Gasteiger partial charge is 0.508 e. The summed E-state index contributed by atoms with van der Waals surface area (Å²) in [6.07, 6.45) is -1.72. The molecule has 0 radical (unpaired) electrons. The van der Waals surface area contributed by atoms with Gasteiger partial charge in [0, 0.05) is 19.1 Å². The minimum absolute atomic E-state index is 0.0649. The molecule has 3 unspecified atom stereocenters. The van der Waals surface area contributed by atoms with Crippen LogP contribution in [0.4, 0.5) is 10.5 Å². The van der Waals surface area contributed by atoms with E-state index in [9.17, 15) is 24.5 Å². The maximum absolute atomic E-state index is 11.7. The molecule has 1 aromatic carbocycles. The SMILES string of the molecule is CC(=O)SC1NC(=O)C1C(C)OC(=O)OCc1ccc([N+](=O)[O-])cc1. The third kappa shape index (κ3) is 4.92. The van der Waals surface area contributed by atoms with Crippen molar-refractivity contribution in [1.82, 2.24) is 5.32 Å². The van der Waals surface area contributed by atoms with Crippen molar-refractivity contribution in [3.8, 4) is 0 Å². The summed E-state index contributed by atoms with van der Waals surface area (Å²) in [6, 6.07) is 5.53. The zero-order chi connectivity index (χ0) is 18.6. The van der Waals surface area contributed by atoms with Crippen LogP contribution in [0.3, 0.4) is 0 Å². The highest BCUT2D eigenvalue weighted by Crippen LogP contribution is 2.30. The maximum atomic E-state index is 11.7. The summed E-state index contributed by atoms with van der Waals surface area (Å²) >= 11 is 0.964. The average molecular weight is 368 g/mol. The molecule has 0 bridgehead atoms. The van der Waals surface area contributed by atoms with Gasteiger partial charge in [-0.1, -0.05) is 11.8 Å². The zero-order valence-corrected chi connectivity index (χ0v) is 14.3. The number of nitro groups is 1. The normalized spacial score (nSPS) is 20.0. The Hall–Kier alpha value is -2.62. The molecular formula is C15H16N2O7S. The lowest BCUT2D eigenvalue weighted by molar-refractivity contribution is -0.384. The number of amides is 1. The fourth-order valence-corrected chi connectivity index (χ4v) is 3.25. The van der Waals surface area contributed by atoms with Crippen LogP contribution < -0.4 is 5.32 Å². The number of hydrogen-bond acceptors (Lipinski definition) is 8. The highest BCUT2D eigenvalue weighted by atomic mass is 32.2. The Balaban J connectivity index is 1.82. The first kappa shape index (κ1) is 18.7. The summed E-state index contributed by atoms with van der Waals surface area (Å²) < 4.78 is 10.00. The zero-order valence-electron chi connectivity index (χ0n) is 13.5. The Morgan fingerprint density at radius 2 is 2.00 bits per heavy atom. The van der Waals surface area contributed by atoms with Gasteiger partial charge in [0.15, 0.2) is 5.12 Å². The molecule has 1 fully saturated rings. The monoisotopic (exact) mass is 368 g/mol. The predicted octanol–water partition coefficient (Wildman–Crippen LogP) is 1.99. The molecule has 1 saturated heterocycles. The Labute approximate surface area is 147 Å². The van der Waals surface area contributed by atoms with E-state index in [0.29, 0.717) is 5.56 Å². The smallest absolute Gasteiger partial charge is 0.430 e. The van der Waals surface area contributed by atoms with Crippen molar-refractivity contribution in [3.05, 3.63) is 39.9 Å². The number of nitrogens with zero attached hydrogens (tertiary/aromatic N) is 1. The van der Waals surface area contributed by atoms with E-state index in [0.717, 1.165) is 11.8 Å². The van der Waals surface area contributed by atoms with Gasteiger partial charge in [-0.3, -0.25) is 19.7 Å². The topological polar surface area (TPSA) is 125 Å². The summed E-state index contributed by atoms with van der Waals surface area (Å²) in [4.78, 5) is 44.5. The lowest BCUT2D eigenvalue weighted by Gasteiger charge is -2.38. The van der Waals surface area contributed by atoms with Crippen LogP contribution in [-0.2, 0) is 25.7 Å². The Kier molecular flexibility index (Phi) is 5.97. The molecule has 25 heavy (non-hydrogen) atoms. The third-order valence-corrected chi connectivity index (χ3v) is 4.49. The number of nitro benzene ring substituents is 1. The second-order valence-corrected chi connectivity index (χ2v) is 6.67. The van der Waals surface area contributed by atoms with E-state index >= 15 is 0 Å². The molecule has 3 atom stereocenters. The number of carbonyl (C=O) groups is 3. The van der Waals surface area contributed by atoms with Crippen LogP contribution in [-0.4, -0.2) is 33.6 Å². The quantitative estimate of drug-likeness (QED) is 0.350. The molecule has 10 heteroatoms. The Bertz CT molecular complexity index is 692. The molecule has 0 aliphatic carbocycles. The summed E-state index contributed by atoms with van der Waals surface area (Å²) in [5.41, 5.74) is 0.492. The van der Waals surface area contributed by atoms with Crippen molar-refractivity contribution in [1.29, 1.82) is 0 Å². The van der Waals surface area contributed by atoms with Gasteiger partial charge in [-0.25, -0.2) is 4.79 Å². The first-order chi connectivity index (χ1) is 11.8. The standard InChI is InChI=1S/C15H16N2O7S/c1-8(12-13(19)16-14(12)25-9(2)18)24-15(20)23-7-10-3-5-11(6-4-10)17(21)22/h3-6,8,12,14H,7H2,1-2H3,(H,16,19). The summed E-state index contributed by atoms with van der Waals surface area (Å²) in [5, 5.41) is 12.6. The summed E-state index contributed by atoms with van der Waals surface area (Å²) in [5.74, 6) is -0.921. The maximum Gasteiger partial charge on any atom is 0.508 e. The number of hydrogen-bond donors (Lipinski definition) is 1. The molecule has 0 saturated carbocycles. The van der Waals surface area contributed by atoms with Gasteiger partial charge in [0.25, 0.3) is 5.69 Å². The van der Waals surface area contributed by atoms with Gasteiger partial charge in [0.05, 0.1) is 10.3 Å². The Morgan fingerprint density at radius 1 is 1.36 bits per heavy atom. The van der Waals surface area contributed by atoms with E-state index in [1.54, 1.807) is 6.92 Å². The summed E-state index contributed by atoms with van der Waals surface area (Å²) in [6.45, 7) is 2.81. The molecular weight excluding hydrogens is 352 g/mol. The number of rotatable bonds is 6. The van der Waals surface area contributed by atoms with E-state index in [1.165, 1.54) is 31.2 Å². The van der Waals surface area contributed by atoms with Gasteiger partial charge >= 0.3 is 6.16 Å². The molecule has 1 aliphatic heterocycles. The minimum atomic E-state index is -0.961. The highest BCUT2D eigenvalue weighted by Gasteiger charge is 2.45. The van der Waals surface area contributed by atoms with E-state index in [4.69, 9.17) is 9.47 Å². The second-order valence-electron chi connectivity index (χ2n) is 5.35. The van der Waals surface area contributed by atoms with Crippen LogP contribution >= 0.6 is 11.8 Å². The molecule has 1 amide bonds. The van der Waals surface area contributed by atoms with Crippen molar-refractivity contribution in [2.24, 2.45) is 5.92 Å². The third-order valence-electron chi connectivity index (χ3n) is 3.50. The van der Waals surface area contributed by atoms with Crippen LogP contribution in [0.25, 0.3) is 0 Å². The van der Waals surface area contributed by atoms with Gasteiger partial charge in [-0.05, 0) is 24.6 Å². The fourth-order valence-electron chi connectivity index (χ4n) is 2.22. The number of nitrogens with one attached hydrogen (secondary N) is 1. The molecule has 1 aromatic rings. The average Bonchev–Trinajstić information content (AvgIpc) is 2.52.